The van der Waals surface area contributed by atoms with Gasteiger partial charge in [-0.1, -0.05) is 5.16 Å². The van der Waals surface area contributed by atoms with Crippen LogP contribution in [-0.4, -0.2) is 11.4 Å². The van der Waals surface area contributed by atoms with Crippen LogP contribution >= 0.6 is 24.0 Å². The van der Waals surface area contributed by atoms with Gasteiger partial charge in [-0.25, -0.2) is 0 Å². The van der Waals surface area contributed by atoms with Crippen LogP contribution < -0.4 is 0 Å². The molecule has 1 aromatic rings. The fraction of sp³-hybridized carbons (Fsp3) is 0.167. The summed E-state index contributed by atoms with van der Waals surface area (Å²) in [6.07, 6.45) is 1.42. The Hall–Kier alpha value is -0.480. The second-order valence-electron chi connectivity index (χ2n) is 1.76. The van der Waals surface area contributed by atoms with Gasteiger partial charge in [0.2, 0.25) is 0 Å². The molecule has 0 spiro atoms. The van der Waals surface area contributed by atoms with E-state index in [0.29, 0.717) is 5.75 Å². The van der Waals surface area contributed by atoms with Gasteiger partial charge in [-0.3, -0.25) is 0 Å². The SMILES string of the molecule is ON=Cc1cscc1CS. The van der Waals surface area contributed by atoms with E-state index >= 15 is 0 Å². The number of hydrogen-bond donors (Lipinski definition) is 2. The third kappa shape index (κ3) is 1.52. The summed E-state index contributed by atoms with van der Waals surface area (Å²) in [7, 11) is 0. The maximum absolute atomic E-state index is 8.21. The Balaban J connectivity index is 2.90. The van der Waals surface area contributed by atoms with Gasteiger partial charge in [-0.2, -0.15) is 24.0 Å². The molecule has 0 bridgehead atoms. The van der Waals surface area contributed by atoms with Gasteiger partial charge < -0.3 is 5.21 Å². The van der Waals surface area contributed by atoms with Crippen molar-refractivity contribution in [3.8, 4) is 0 Å². The molecule has 1 rings (SSSR count). The van der Waals surface area contributed by atoms with Gasteiger partial charge in [0.1, 0.15) is 0 Å². The predicted octanol–water partition coefficient (Wildman–Crippen LogP) is 1.99. The van der Waals surface area contributed by atoms with E-state index < -0.39 is 0 Å². The van der Waals surface area contributed by atoms with Crippen molar-refractivity contribution in [3.63, 3.8) is 0 Å². The minimum atomic E-state index is 0.685. The first kappa shape index (κ1) is 7.63. The molecule has 2 nitrogen and oxygen atoms in total. The van der Waals surface area contributed by atoms with Gasteiger partial charge >= 0.3 is 0 Å². The highest BCUT2D eigenvalue weighted by atomic mass is 32.1. The standard InChI is InChI=1S/C6H7NOS2/c8-7-1-5-3-10-4-6(5)2-9/h1,3-4,8-9H,2H2. The fourth-order valence-corrected chi connectivity index (χ4v) is 1.85. The lowest BCUT2D eigenvalue weighted by Gasteiger charge is -1.89. The molecule has 0 unspecified atom stereocenters. The summed E-state index contributed by atoms with van der Waals surface area (Å²) >= 11 is 5.68. The third-order valence-corrected chi connectivity index (χ3v) is 2.29. The summed E-state index contributed by atoms with van der Waals surface area (Å²) in [4.78, 5) is 0. The van der Waals surface area contributed by atoms with Crippen molar-refractivity contribution in [2.75, 3.05) is 0 Å². The van der Waals surface area contributed by atoms with Crippen LogP contribution in [0.3, 0.4) is 0 Å². The van der Waals surface area contributed by atoms with Crippen LogP contribution in [0, 0.1) is 0 Å². The van der Waals surface area contributed by atoms with Crippen LogP contribution in [-0.2, 0) is 5.75 Å². The third-order valence-electron chi connectivity index (χ3n) is 1.14. The number of hydrogen-bond acceptors (Lipinski definition) is 4. The fourth-order valence-electron chi connectivity index (χ4n) is 0.637. The van der Waals surface area contributed by atoms with E-state index in [9.17, 15) is 0 Å². The van der Waals surface area contributed by atoms with Gasteiger partial charge in [0.25, 0.3) is 0 Å². The summed E-state index contributed by atoms with van der Waals surface area (Å²) in [5.74, 6) is 0.685. The average molecular weight is 173 g/mol. The maximum atomic E-state index is 8.21. The number of thiophene rings is 1. The van der Waals surface area contributed by atoms with Gasteiger partial charge in [-0.15, -0.1) is 0 Å². The molecule has 0 saturated carbocycles. The Labute approximate surface area is 68.6 Å². The molecule has 0 aliphatic rings. The van der Waals surface area contributed by atoms with E-state index in [0.717, 1.165) is 11.1 Å². The van der Waals surface area contributed by atoms with Crippen LogP contribution in [0.4, 0.5) is 0 Å². The Bertz CT molecular complexity index is 231. The second-order valence-corrected chi connectivity index (χ2v) is 2.81. The highest BCUT2D eigenvalue weighted by Crippen LogP contribution is 2.14. The zero-order valence-corrected chi connectivity index (χ0v) is 6.90. The molecule has 0 radical (unpaired) electrons. The summed E-state index contributed by atoms with van der Waals surface area (Å²) in [6, 6.07) is 0. The zero-order chi connectivity index (χ0) is 7.40. The van der Waals surface area contributed by atoms with Crippen molar-refractivity contribution in [1.82, 2.24) is 0 Å². The summed E-state index contributed by atoms with van der Waals surface area (Å²) < 4.78 is 0. The molecule has 1 N–H and O–H groups in total. The second kappa shape index (κ2) is 3.63. The van der Waals surface area contributed by atoms with Crippen LogP contribution in [0.2, 0.25) is 0 Å². The molecule has 0 aliphatic carbocycles. The zero-order valence-electron chi connectivity index (χ0n) is 5.19. The van der Waals surface area contributed by atoms with Crippen molar-refractivity contribution in [3.05, 3.63) is 21.9 Å². The van der Waals surface area contributed by atoms with E-state index in [1.54, 1.807) is 11.3 Å². The summed E-state index contributed by atoms with van der Waals surface area (Å²) in [6.45, 7) is 0. The molecule has 1 heterocycles. The van der Waals surface area contributed by atoms with Crippen LogP contribution in [0.5, 0.6) is 0 Å². The van der Waals surface area contributed by atoms with Crippen molar-refractivity contribution in [1.29, 1.82) is 0 Å². The number of rotatable bonds is 2. The molecule has 0 fully saturated rings. The quantitative estimate of drug-likeness (QED) is 0.305. The van der Waals surface area contributed by atoms with Crippen LogP contribution in [0.15, 0.2) is 15.9 Å². The lowest BCUT2D eigenvalue weighted by Crippen LogP contribution is -1.82. The predicted molar refractivity (Wildman–Crippen MR) is 46.4 cm³/mol. The Morgan fingerprint density at radius 2 is 2.50 bits per heavy atom. The molecule has 0 amide bonds. The average Bonchev–Trinajstić information content (AvgIpc) is 2.36. The molecular formula is C6H7NOS2. The highest BCUT2D eigenvalue weighted by molar-refractivity contribution is 7.79. The van der Waals surface area contributed by atoms with E-state index in [1.807, 2.05) is 10.8 Å². The molecule has 4 heteroatoms. The normalized spacial score (nSPS) is 10.9. The lowest BCUT2D eigenvalue weighted by molar-refractivity contribution is 0.322. The first-order valence-corrected chi connectivity index (χ1v) is 4.29. The topological polar surface area (TPSA) is 32.6 Å². The van der Waals surface area contributed by atoms with Crippen molar-refractivity contribution in [2.24, 2.45) is 5.16 Å². The van der Waals surface area contributed by atoms with E-state index in [2.05, 4.69) is 17.8 Å². The number of oxime groups is 1. The monoisotopic (exact) mass is 173 g/mol. The molecule has 10 heavy (non-hydrogen) atoms. The van der Waals surface area contributed by atoms with E-state index in [4.69, 9.17) is 5.21 Å². The van der Waals surface area contributed by atoms with Gasteiger partial charge in [0.15, 0.2) is 0 Å². The Morgan fingerprint density at radius 1 is 1.70 bits per heavy atom. The summed E-state index contributed by atoms with van der Waals surface area (Å²) in [5.41, 5.74) is 2.05. The van der Waals surface area contributed by atoms with Crippen LogP contribution in [0.1, 0.15) is 11.1 Å². The molecule has 0 saturated heterocycles. The van der Waals surface area contributed by atoms with E-state index in [-0.39, 0.29) is 0 Å². The number of nitrogens with zero attached hydrogens (tertiary/aromatic N) is 1. The van der Waals surface area contributed by atoms with Crippen molar-refractivity contribution in [2.45, 2.75) is 5.75 Å². The van der Waals surface area contributed by atoms with Crippen molar-refractivity contribution < 1.29 is 5.21 Å². The first-order valence-electron chi connectivity index (χ1n) is 2.72. The van der Waals surface area contributed by atoms with E-state index in [1.165, 1.54) is 6.21 Å². The molecule has 54 valence electrons. The Morgan fingerprint density at radius 3 is 3.10 bits per heavy atom. The smallest absolute Gasteiger partial charge is 0.0745 e. The maximum Gasteiger partial charge on any atom is 0.0745 e. The minimum absolute atomic E-state index is 0.685. The Kier molecular flexibility index (Phi) is 2.77. The minimum Gasteiger partial charge on any atom is -0.411 e. The highest BCUT2D eigenvalue weighted by Gasteiger charge is 1.97. The number of thiol groups is 1. The molecular weight excluding hydrogens is 166 g/mol. The van der Waals surface area contributed by atoms with Gasteiger partial charge in [0.05, 0.1) is 6.21 Å². The van der Waals surface area contributed by atoms with Crippen LogP contribution in [0.25, 0.3) is 0 Å². The van der Waals surface area contributed by atoms with Gasteiger partial charge in [0, 0.05) is 11.3 Å². The summed E-state index contributed by atoms with van der Waals surface area (Å²) in [5, 5.41) is 15.1. The largest absolute Gasteiger partial charge is 0.411 e. The molecule has 0 atom stereocenters. The van der Waals surface area contributed by atoms with Crippen molar-refractivity contribution >= 4 is 30.2 Å². The molecule has 0 aromatic carbocycles. The lowest BCUT2D eigenvalue weighted by atomic mass is 10.2. The molecule has 1 aromatic heterocycles. The molecule has 0 aliphatic heterocycles. The first-order chi connectivity index (χ1) is 4.88. The van der Waals surface area contributed by atoms with Gasteiger partial charge in [-0.05, 0) is 16.3 Å².